The second-order valence-corrected chi connectivity index (χ2v) is 10.2. The molecule has 0 saturated heterocycles. The van der Waals surface area contributed by atoms with Gasteiger partial charge in [-0.15, -0.1) is 0 Å². The Morgan fingerprint density at radius 2 is 1.85 bits per heavy atom. The highest BCUT2D eigenvalue weighted by Crippen LogP contribution is 2.30. The van der Waals surface area contributed by atoms with Crippen LogP contribution in [0.4, 0.5) is 17.6 Å². The van der Waals surface area contributed by atoms with Crippen molar-refractivity contribution in [2.24, 2.45) is 0 Å². The van der Waals surface area contributed by atoms with Crippen LogP contribution in [0, 0.1) is 5.82 Å². The standard InChI is InChI=1S/C22H23ClF4N4O2S/c1-14(15-6-7-16(20(24)8-15)12-29-34(2,32)33)11-28-13-19-10-21(22(25,26)27)30-31(19)18-5-3-4-17(23)9-18/h3-10,14,28-29H,11-13H2,1-2H3. The average molecular weight is 519 g/mol. The highest BCUT2D eigenvalue weighted by molar-refractivity contribution is 7.88. The third-order valence-electron chi connectivity index (χ3n) is 5.05. The van der Waals surface area contributed by atoms with E-state index in [4.69, 9.17) is 11.6 Å². The molecule has 184 valence electrons. The van der Waals surface area contributed by atoms with Crippen molar-refractivity contribution < 1.29 is 26.0 Å². The van der Waals surface area contributed by atoms with Gasteiger partial charge in [-0.3, -0.25) is 0 Å². The number of aromatic nitrogens is 2. The molecule has 1 aromatic heterocycles. The summed E-state index contributed by atoms with van der Waals surface area (Å²) in [6, 6.07) is 11.8. The first kappa shape index (κ1) is 26.1. The minimum atomic E-state index is -4.60. The number of nitrogens with one attached hydrogen (secondary N) is 2. The Morgan fingerprint density at radius 3 is 2.47 bits per heavy atom. The highest BCUT2D eigenvalue weighted by atomic mass is 35.5. The Kier molecular flexibility index (Phi) is 8.02. The first-order chi connectivity index (χ1) is 15.8. The summed E-state index contributed by atoms with van der Waals surface area (Å²) in [7, 11) is -3.45. The SMILES string of the molecule is CC(CNCc1cc(C(F)(F)F)nn1-c1cccc(Cl)c1)c1ccc(CNS(C)(=O)=O)c(F)c1. The van der Waals surface area contributed by atoms with Crippen LogP contribution in [-0.2, 0) is 29.3 Å². The highest BCUT2D eigenvalue weighted by Gasteiger charge is 2.35. The quantitative estimate of drug-likeness (QED) is 0.405. The van der Waals surface area contributed by atoms with Gasteiger partial charge in [0.25, 0.3) is 0 Å². The van der Waals surface area contributed by atoms with Crippen molar-refractivity contribution >= 4 is 21.6 Å². The summed E-state index contributed by atoms with van der Waals surface area (Å²) < 4.78 is 79.9. The zero-order chi connectivity index (χ0) is 25.1. The molecular weight excluding hydrogens is 496 g/mol. The Balaban J connectivity index is 1.70. The van der Waals surface area contributed by atoms with Crippen molar-refractivity contribution in [1.29, 1.82) is 0 Å². The van der Waals surface area contributed by atoms with Crippen LogP contribution >= 0.6 is 11.6 Å². The number of sulfonamides is 1. The van der Waals surface area contributed by atoms with Crippen molar-refractivity contribution in [2.75, 3.05) is 12.8 Å². The van der Waals surface area contributed by atoms with Gasteiger partial charge in [-0.2, -0.15) is 18.3 Å². The van der Waals surface area contributed by atoms with Gasteiger partial charge in [-0.05, 0) is 41.8 Å². The summed E-state index contributed by atoms with van der Waals surface area (Å²) in [4.78, 5) is 0. The average Bonchev–Trinajstić information content (AvgIpc) is 3.17. The predicted molar refractivity (Wildman–Crippen MR) is 122 cm³/mol. The first-order valence-corrected chi connectivity index (χ1v) is 12.5. The predicted octanol–water partition coefficient (Wildman–Crippen LogP) is 4.63. The number of hydrogen-bond acceptors (Lipinski definition) is 4. The maximum Gasteiger partial charge on any atom is 0.435 e. The van der Waals surface area contributed by atoms with Crippen LogP contribution in [0.25, 0.3) is 5.69 Å². The van der Waals surface area contributed by atoms with Crippen molar-refractivity contribution in [3.63, 3.8) is 0 Å². The molecule has 2 aromatic carbocycles. The normalized spacial score (nSPS) is 13.3. The van der Waals surface area contributed by atoms with Crippen LogP contribution in [0.3, 0.4) is 0 Å². The van der Waals surface area contributed by atoms with E-state index in [0.29, 0.717) is 22.8 Å². The van der Waals surface area contributed by atoms with Gasteiger partial charge in [0.1, 0.15) is 5.82 Å². The van der Waals surface area contributed by atoms with Crippen LogP contribution in [0.15, 0.2) is 48.5 Å². The second-order valence-electron chi connectivity index (χ2n) is 7.89. The number of alkyl halides is 3. The number of hydrogen-bond donors (Lipinski definition) is 2. The van der Waals surface area contributed by atoms with Crippen LogP contribution in [0.1, 0.15) is 35.4 Å². The fourth-order valence-corrected chi connectivity index (χ4v) is 3.87. The van der Waals surface area contributed by atoms with Gasteiger partial charge in [0.2, 0.25) is 10.0 Å². The fourth-order valence-electron chi connectivity index (χ4n) is 3.27. The Morgan fingerprint density at radius 1 is 1.12 bits per heavy atom. The lowest BCUT2D eigenvalue weighted by atomic mass is 9.99. The molecular formula is C22H23ClF4N4O2S. The molecule has 0 fully saturated rings. The molecule has 6 nitrogen and oxygen atoms in total. The molecule has 1 heterocycles. The van der Waals surface area contributed by atoms with Gasteiger partial charge in [-0.1, -0.05) is 36.7 Å². The minimum Gasteiger partial charge on any atom is -0.311 e. The lowest BCUT2D eigenvalue weighted by Gasteiger charge is -2.15. The number of benzene rings is 2. The van der Waals surface area contributed by atoms with E-state index in [1.54, 1.807) is 24.3 Å². The lowest BCUT2D eigenvalue weighted by Crippen LogP contribution is -2.22. The maximum absolute atomic E-state index is 14.4. The van der Waals surface area contributed by atoms with Crippen molar-refractivity contribution in [3.05, 3.63) is 81.9 Å². The third-order valence-corrected chi connectivity index (χ3v) is 5.96. The molecule has 0 aliphatic carbocycles. The second kappa shape index (κ2) is 10.4. The Labute approximate surface area is 200 Å². The third kappa shape index (κ3) is 7.02. The molecule has 0 aliphatic heterocycles. The first-order valence-electron chi connectivity index (χ1n) is 10.2. The van der Waals surface area contributed by atoms with Crippen LogP contribution < -0.4 is 10.0 Å². The van der Waals surface area contributed by atoms with Crippen molar-refractivity contribution in [3.8, 4) is 5.69 Å². The van der Waals surface area contributed by atoms with Gasteiger partial charge >= 0.3 is 6.18 Å². The summed E-state index contributed by atoms with van der Waals surface area (Å²) in [6.45, 7) is 2.11. The molecule has 0 radical (unpaired) electrons. The molecule has 1 unspecified atom stereocenters. The van der Waals surface area contributed by atoms with E-state index in [-0.39, 0.29) is 30.3 Å². The Bertz CT molecular complexity index is 1260. The van der Waals surface area contributed by atoms with Crippen LogP contribution in [0.2, 0.25) is 5.02 Å². The monoisotopic (exact) mass is 518 g/mol. The summed E-state index contributed by atoms with van der Waals surface area (Å²) in [5, 5.41) is 7.16. The molecule has 3 aromatic rings. The minimum absolute atomic E-state index is 0.0821. The number of nitrogens with zero attached hydrogens (tertiary/aromatic N) is 2. The van der Waals surface area contributed by atoms with E-state index in [9.17, 15) is 26.0 Å². The summed E-state index contributed by atoms with van der Waals surface area (Å²) >= 11 is 5.98. The van der Waals surface area contributed by atoms with Crippen LogP contribution in [-0.4, -0.2) is 31.0 Å². The van der Waals surface area contributed by atoms with E-state index < -0.39 is 27.7 Å². The van der Waals surface area contributed by atoms with E-state index in [0.717, 1.165) is 12.3 Å². The van der Waals surface area contributed by atoms with Gasteiger partial charge in [-0.25, -0.2) is 22.2 Å². The zero-order valence-corrected chi connectivity index (χ0v) is 19.9. The fraction of sp³-hybridized carbons (Fsp3) is 0.318. The van der Waals surface area contributed by atoms with E-state index in [1.165, 1.54) is 22.9 Å². The number of halogens is 5. The van der Waals surface area contributed by atoms with Gasteiger partial charge in [0.15, 0.2) is 5.69 Å². The van der Waals surface area contributed by atoms with E-state index in [2.05, 4.69) is 15.1 Å². The number of rotatable bonds is 9. The van der Waals surface area contributed by atoms with Gasteiger partial charge < -0.3 is 5.32 Å². The molecule has 0 spiro atoms. The molecule has 0 aliphatic rings. The van der Waals surface area contributed by atoms with E-state index in [1.807, 2.05) is 6.92 Å². The molecule has 0 bridgehead atoms. The van der Waals surface area contributed by atoms with E-state index >= 15 is 0 Å². The van der Waals surface area contributed by atoms with Crippen molar-refractivity contribution in [1.82, 2.24) is 19.8 Å². The topological polar surface area (TPSA) is 76.0 Å². The smallest absolute Gasteiger partial charge is 0.311 e. The zero-order valence-electron chi connectivity index (χ0n) is 18.3. The lowest BCUT2D eigenvalue weighted by molar-refractivity contribution is -0.141. The summed E-state index contributed by atoms with van der Waals surface area (Å²) in [5.74, 6) is -0.717. The molecule has 0 saturated carbocycles. The largest absolute Gasteiger partial charge is 0.435 e. The summed E-state index contributed by atoms with van der Waals surface area (Å²) in [6.07, 6.45) is -3.61. The van der Waals surface area contributed by atoms with Gasteiger partial charge in [0.05, 0.1) is 17.6 Å². The van der Waals surface area contributed by atoms with Crippen LogP contribution in [0.5, 0.6) is 0 Å². The maximum atomic E-state index is 14.4. The molecule has 2 N–H and O–H groups in total. The summed E-state index contributed by atoms with van der Waals surface area (Å²) in [5.41, 5.74) is 0.535. The van der Waals surface area contributed by atoms with Crippen molar-refractivity contribution in [2.45, 2.75) is 32.1 Å². The molecule has 34 heavy (non-hydrogen) atoms. The molecule has 12 heteroatoms. The van der Waals surface area contributed by atoms with Gasteiger partial charge in [0, 0.05) is 30.2 Å². The molecule has 3 rings (SSSR count). The Hall–Kier alpha value is -2.47. The molecule has 0 amide bonds. The molecule has 1 atom stereocenters.